The molecule has 0 saturated carbocycles. The topological polar surface area (TPSA) is 12.0 Å². The summed E-state index contributed by atoms with van der Waals surface area (Å²) in [7, 11) is 0. The van der Waals surface area contributed by atoms with Crippen molar-refractivity contribution in [2.24, 2.45) is 0 Å². The van der Waals surface area contributed by atoms with Gasteiger partial charge in [0.25, 0.3) is 0 Å². The van der Waals surface area contributed by atoms with Gasteiger partial charge in [-0.05, 0) is 25.0 Å². The van der Waals surface area contributed by atoms with Gasteiger partial charge in [-0.3, -0.25) is 0 Å². The summed E-state index contributed by atoms with van der Waals surface area (Å²) in [6, 6.07) is 9.68. The largest absolute Gasteiger partial charge is 0.304 e. The molecule has 1 aromatic carbocycles. The zero-order valence-electron chi connectivity index (χ0n) is 6.96. The van der Waals surface area contributed by atoms with Crippen molar-refractivity contribution >= 4 is 0 Å². The van der Waals surface area contributed by atoms with Gasteiger partial charge in [0.15, 0.2) is 0 Å². The van der Waals surface area contributed by atoms with Gasteiger partial charge in [0.05, 0.1) is 0 Å². The Bertz CT molecular complexity index is 240. The molecule has 2 atom stereocenters. The maximum atomic E-state index is 3.48. The fourth-order valence-corrected chi connectivity index (χ4v) is 1.85. The molecule has 1 aliphatic rings. The van der Waals surface area contributed by atoms with E-state index in [0.717, 1.165) is 0 Å². The van der Waals surface area contributed by atoms with Crippen LogP contribution in [0.4, 0.5) is 0 Å². The second-order valence-corrected chi connectivity index (χ2v) is 3.24. The van der Waals surface area contributed by atoms with Crippen molar-refractivity contribution in [1.29, 1.82) is 0 Å². The molecule has 0 fully saturated rings. The lowest BCUT2D eigenvalue weighted by molar-refractivity contribution is 0.553. The maximum Gasteiger partial charge on any atom is 0.0300 e. The zero-order valence-corrected chi connectivity index (χ0v) is 6.96. The first-order valence-electron chi connectivity index (χ1n) is 4.14. The predicted molar refractivity (Wildman–Crippen MR) is 46.4 cm³/mol. The first kappa shape index (κ1) is 6.86. The van der Waals surface area contributed by atoms with E-state index in [2.05, 4.69) is 43.4 Å². The van der Waals surface area contributed by atoms with Crippen molar-refractivity contribution < 1.29 is 0 Å². The van der Waals surface area contributed by atoms with Crippen molar-refractivity contribution in [3.63, 3.8) is 0 Å². The summed E-state index contributed by atoms with van der Waals surface area (Å²) in [6.45, 7) is 4.42. The normalized spacial score (nSPS) is 28.5. The molecule has 0 aliphatic carbocycles. The third-order valence-corrected chi connectivity index (χ3v) is 2.43. The molecular formula is C10H13N. The van der Waals surface area contributed by atoms with Gasteiger partial charge in [-0.2, -0.15) is 0 Å². The van der Waals surface area contributed by atoms with Crippen LogP contribution >= 0.6 is 0 Å². The molecule has 0 amide bonds. The summed E-state index contributed by atoms with van der Waals surface area (Å²) < 4.78 is 0. The molecular weight excluding hydrogens is 134 g/mol. The summed E-state index contributed by atoms with van der Waals surface area (Å²) in [4.78, 5) is 0. The molecule has 1 unspecified atom stereocenters. The Morgan fingerprint density at radius 2 is 1.45 bits per heavy atom. The SMILES string of the molecule is CC1N[C@H](C)c2ccccc21. The highest BCUT2D eigenvalue weighted by atomic mass is 15.0. The lowest BCUT2D eigenvalue weighted by Crippen LogP contribution is -2.11. The summed E-state index contributed by atoms with van der Waals surface area (Å²) in [5, 5.41) is 3.48. The molecule has 11 heavy (non-hydrogen) atoms. The lowest BCUT2D eigenvalue weighted by atomic mass is 10.0. The number of benzene rings is 1. The van der Waals surface area contributed by atoms with Gasteiger partial charge in [0.1, 0.15) is 0 Å². The minimum absolute atomic E-state index is 0.529. The van der Waals surface area contributed by atoms with Crippen molar-refractivity contribution in [2.45, 2.75) is 25.9 Å². The number of nitrogens with one attached hydrogen (secondary N) is 1. The van der Waals surface area contributed by atoms with Crippen LogP contribution in [-0.4, -0.2) is 0 Å². The molecule has 58 valence electrons. The van der Waals surface area contributed by atoms with E-state index >= 15 is 0 Å². The average molecular weight is 147 g/mol. The molecule has 2 rings (SSSR count). The molecule has 1 aromatic rings. The van der Waals surface area contributed by atoms with Crippen LogP contribution in [0.5, 0.6) is 0 Å². The number of rotatable bonds is 0. The fraction of sp³-hybridized carbons (Fsp3) is 0.400. The first-order chi connectivity index (χ1) is 5.29. The molecule has 0 saturated heterocycles. The van der Waals surface area contributed by atoms with Crippen LogP contribution in [0.15, 0.2) is 24.3 Å². The maximum absolute atomic E-state index is 3.48. The molecule has 1 N–H and O–H groups in total. The highest BCUT2D eigenvalue weighted by molar-refractivity contribution is 5.35. The smallest absolute Gasteiger partial charge is 0.0300 e. The monoisotopic (exact) mass is 147 g/mol. The van der Waals surface area contributed by atoms with Crippen molar-refractivity contribution in [3.05, 3.63) is 35.4 Å². The van der Waals surface area contributed by atoms with Crippen molar-refractivity contribution in [1.82, 2.24) is 5.32 Å². The summed E-state index contributed by atoms with van der Waals surface area (Å²) >= 11 is 0. The highest BCUT2D eigenvalue weighted by Crippen LogP contribution is 2.31. The Labute approximate surface area is 67.4 Å². The van der Waals surface area contributed by atoms with Gasteiger partial charge < -0.3 is 5.32 Å². The quantitative estimate of drug-likeness (QED) is 0.594. The molecule has 0 spiro atoms. The Balaban J connectivity index is 2.52. The minimum atomic E-state index is 0.529. The van der Waals surface area contributed by atoms with Gasteiger partial charge >= 0.3 is 0 Å². The Morgan fingerprint density at radius 3 is 1.91 bits per heavy atom. The van der Waals surface area contributed by atoms with E-state index in [0.29, 0.717) is 12.1 Å². The first-order valence-corrected chi connectivity index (χ1v) is 4.14. The van der Waals surface area contributed by atoms with E-state index in [1.54, 1.807) is 0 Å². The van der Waals surface area contributed by atoms with Gasteiger partial charge in [-0.1, -0.05) is 24.3 Å². The van der Waals surface area contributed by atoms with Gasteiger partial charge in [0.2, 0.25) is 0 Å². The molecule has 1 heteroatoms. The van der Waals surface area contributed by atoms with E-state index < -0.39 is 0 Å². The second kappa shape index (κ2) is 2.35. The third kappa shape index (κ3) is 0.962. The van der Waals surface area contributed by atoms with Crippen LogP contribution in [0.3, 0.4) is 0 Å². The molecule has 0 bridgehead atoms. The fourth-order valence-electron chi connectivity index (χ4n) is 1.85. The number of hydrogen-bond acceptors (Lipinski definition) is 1. The van der Waals surface area contributed by atoms with E-state index in [4.69, 9.17) is 0 Å². The van der Waals surface area contributed by atoms with Gasteiger partial charge in [0, 0.05) is 12.1 Å². The van der Waals surface area contributed by atoms with Crippen LogP contribution < -0.4 is 5.32 Å². The van der Waals surface area contributed by atoms with Gasteiger partial charge in [-0.25, -0.2) is 0 Å². The zero-order chi connectivity index (χ0) is 7.84. The van der Waals surface area contributed by atoms with Crippen LogP contribution in [0.1, 0.15) is 37.1 Å². The van der Waals surface area contributed by atoms with E-state index in [9.17, 15) is 0 Å². The Hall–Kier alpha value is -0.820. The lowest BCUT2D eigenvalue weighted by Gasteiger charge is -2.04. The van der Waals surface area contributed by atoms with Crippen molar-refractivity contribution in [3.8, 4) is 0 Å². The molecule has 0 aromatic heterocycles. The molecule has 0 radical (unpaired) electrons. The minimum Gasteiger partial charge on any atom is -0.304 e. The highest BCUT2D eigenvalue weighted by Gasteiger charge is 2.22. The summed E-state index contributed by atoms with van der Waals surface area (Å²) in [5.41, 5.74) is 2.92. The van der Waals surface area contributed by atoms with Crippen LogP contribution in [0.2, 0.25) is 0 Å². The second-order valence-electron chi connectivity index (χ2n) is 3.24. The third-order valence-electron chi connectivity index (χ3n) is 2.43. The predicted octanol–water partition coefficient (Wildman–Crippen LogP) is 2.41. The van der Waals surface area contributed by atoms with Crippen molar-refractivity contribution in [2.75, 3.05) is 0 Å². The summed E-state index contributed by atoms with van der Waals surface area (Å²) in [5.74, 6) is 0. The molecule has 1 aliphatic heterocycles. The number of fused-ring (bicyclic) bond motifs is 1. The van der Waals surface area contributed by atoms with E-state index in [1.165, 1.54) is 11.1 Å². The number of hydrogen-bond donors (Lipinski definition) is 1. The standard InChI is InChI=1S/C10H13N/c1-7-9-5-3-4-6-10(9)8(2)11-7/h3-8,11H,1-2H3/t7-,8?/m1/s1. The average Bonchev–Trinajstić information content (AvgIpc) is 2.30. The molecule has 1 nitrogen and oxygen atoms in total. The van der Waals surface area contributed by atoms with E-state index in [1.807, 2.05) is 0 Å². The van der Waals surface area contributed by atoms with Crippen LogP contribution in [0, 0.1) is 0 Å². The summed E-state index contributed by atoms with van der Waals surface area (Å²) in [6.07, 6.45) is 0. The Kier molecular flexibility index (Phi) is 1.46. The Morgan fingerprint density at radius 1 is 1.00 bits per heavy atom. The molecule has 1 heterocycles. The van der Waals surface area contributed by atoms with E-state index in [-0.39, 0.29) is 0 Å². The van der Waals surface area contributed by atoms with Gasteiger partial charge in [-0.15, -0.1) is 0 Å². The van der Waals surface area contributed by atoms with Crippen LogP contribution in [0.25, 0.3) is 0 Å². The van der Waals surface area contributed by atoms with Crippen LogP contribution in [-0.2, 0) is 0 Å².